The molecule has 0 unspecified atom stereocenters. The molecule has 1 heterocycles. The molecule has 0 N–H and O–H groups in total. The van der Waals surface area contributed by atoms with E-state index in [1.807, 2.05) is 6.92 Å². The Kier molecular flexibility index (Phi) is 5.89. The summed E-state index contributed by atoms with van der Waals surface area (Å²) in [6.07, 6.45) is 1.01. The van der Waals surface area contributed by atoms with Crippen LogP contribution in [0.3, 0.4) is 0 Å². The molecule has 102 valence electrons. The van der Waals surface area contributed by atoms with Crippen LogP contribution in [-0.2, 0) is 10.2 Å². The fraction of sp³-hybridized carbons (Fsp3) is 0.692. The van der Waals surface area contributed by atoms with Gasteiger partial charge in [-0.25, -0.2) is 9.97 Å². The van der Waals surface area contributed by atoms with Gasteiger partial charge in [-0.2, -0.15) is 0 Å². The first-order valence-electron chi connectivity index (χ1n) is 6.02. The number of halogens is 1. The Morgan fingerprint density at radius 3 is 2.50 bits per heavy atom. The number of ether oxygens (including phenoxy) is 1. The average Bonchev–Trinajstić information content (AvgIpc) is 2.28. The summed E-state index contributed by atoms with van der Waals surface area (Å²) in [5.41, 5.74) is 0.881. The van der Waals surface area contributed by atoms with Crippen molar-refractivity contribution < 1.29 is 4.74 Å². The lowest BCUT2D eigenvalue weighted by atomic mass is 9.96. The van der Waals surface area contributed by atoms with Crippen LogP contribution < -0.4 is 0 Å². The monoisotopic (exact) mass is 288 g/mol. The van der Waals surface area contributed by atoms with Crippen molar-refractivity contribution in [3.63, 3.8) is 0 Å². The molecule has 3 nitrogen and oxygen atoms in total. The zero-order valence-corrected chi connectivity index (χ0v) is 13.3. The Hall–Kier alpha value is -0.320. The zero-order chi connectivity index (χ0) is 13.8. The molecule has 0 radical (unpaired) electrons. The summed E-state index contributed by atoms with van der Waals surface area (Å²) in [7, 11) is 1.72. The molecule has 5 heteroatoms. The fourth-order valence-corrected chi connectivity index (χ4v) is 2.46. The largest absolute Gasteiger partial charge is 0.385 e. The standard InChI is InChI=1S/C13H21ClN2OS/c1-9-10(14)15-12(13(2,3)4)16-11(9)18-8-6-7-17-5/h6-8H2,1-5H3. The minimum absolute atomic E-state index is 0.0841. The molecule has 1 rings (SSSR count). The Morgan fingerprint density at radius 1 is 1.28 bits per heavy atom. The van der Waals surface area contributed by atoms with E-state index in [2.05, 4.69) is 30.7 Å². The van der Waals surface area contributed by atoms with Gasteiger partial charge in [-0.3, -0.25) is 0 Å². The van der Waals surface area contributed by atoms with E-state index in [1.54, 1.807) is 18.9 Å². The molecule has 0 spiro atoms. The molecule has 1 aromatic heterocycles. The number of rotatable bonds is 5. The van der Waals surface area contributed by atoms with Crippen molar-refractivity contribution in [2.45, 2.75) is 44.6 Å². The van der Waals surface area contributed by atoms with Gasteiger partial charge in [0.2, 0.25) is 0 Å². The van der Waals surface area contributed by atoms with Crippen LogP contribution in [0.5, 0.6) is 0 Å². The summed E-state index contributed by atoms with van der Waals surface area (Å²) in [4.78, 5) is 8.99. The van der Waals surface area contributed by atoms with E-state index in [9.17, 15) is 0 Å². The van der Waals surface area contributed by atoms with Crippen LogP contribution in [0.25, 0.3) is 0 Å². The normalized spacial score (nSPS) is 11.9. The highest BCUT2D eigenvalue weighted by Crippen LogP contribution is 2.29. The minimum Gasteiger partial charge on any atom is -0.385 e. The highest BCUT2D eigenvalue weighted by atomic mass is 35.5. The highest BCUT2D eigenvalue weighted by molar-refractivity contribution is 7.99. The van der Waals surface area contributed by atoms with Crippen molar-refractivity contribution in [3.8, 4) is 0 Å². The molecule has 0 aliphatic rings. The van der Waals surface area contributed by atoms with Crippen molar-refractivity contribution in [2.75, 3.05) is 19.5 Å². The van der Waals surface area contributed by atoms with Crippen LogP contribution in [-0.4, -0.2) is 29.4 Å². The lowest BCUT2D eigenvalue weighted by molar-refractivity contribution is 0.200. The summed E-state index contributed by atoms with van der Waals surface area (Å²) >= 11 is 7.89. The van der Waals surface area contributed by atoms with E-state index in [4.69, 9.17) is 16.3 Å². The van der Waals surface area contributed by atoms with E-state index < -0.39 is 0 Å². The van der Waals surface area contributed by atoms with Crippen LogP contribution in [0, 0.1) is 6.92 Å². The maximum absolute atomic E-state index is 6.18. The SMILES string of the molecule is COCCCSc1nc(C(C)(C)C)nc(Cl)c1C. The fourth-order valence-electron chi connectivity index (χ4n) is 1.32. The topological polar surface area (TPSA) is 35.0 Å². The molecule has 18 heavy (non-hydrogen) atoms. The molecule has 0 fully saturated rings. The van der Waals surface area contributed by atoms with E-state index in [0.29, 0.717) is 5.15 Å². The second-order valence-electron chi connectivity index (χ2n) is 5.21. The summed E-state index contributed by atoms with van der Waals surface area (Å²) in [5.74, 6) is 1.78. The number of methoxy groups -OCH3 is 1. The molecule has 0 saturated carbocycles. The van der Waals surface area contributed by atoms with Gasteiger partial charge in [0.1, 0.15) is 16.0 Å². The van der Waals surface area contributed by atoms with Gasteiger partial charge >= 0.3 is 0 Å². The van der Waals surface area contributed by atoms with Gasteiger partial charge in [-0.15, -0.1) is 11.8 Å². The first kappa shape index (κ1) is 15.7. The molecular weight excluding hydrogens is 268 g/mol. The number of nitrogens with zero attached hydrogens (tertiary/aromatic N) is 2. The Balaban J connectivity index is 2.86. The summed E-state index contributed by atoms with van der Waals surface area (Å²) in [6, 6.07) is 0. The Labute approximate surface area is 119 Å². The summed E-state index contributed by atoms with van der Waals surface area (Å²) < 4.78 is 5.04. The lowest BCUT2D eigenvalue weighted by Gasteiger charge is -2.18. The molecule has 0 atom stereocenters. The van der Waals surface area contributed by atoms with Crippen molar-refractivity contribution in [1.82, 2.24) is 9.97 Å². The van der Waals surface area contributed by atoms with Gasteiger partial charge in [0.05, 0.1) is 0 Å². The van der Waals surface area contributed by atoms with Crippen molar-refractivity contribution >= 4 is 23.4 Å². The van der Waals surface area contributed by atoms with Gasteiger partial charge < -0.3 is 4.74 Å². The quantitative estimate of drug-likeness (QED) is 0.468. The van der Waals surface area contributed by atoms with Crippen LogP contribution in [0.1, 0.15) is 38.6 Å². The van der Waals surface area contributed by atoms with E-state index in [-0.39, 0.29) is 5.41 Å². The maximum atomic E-state index is 6.18. The number of aromatic nitrogens is 2. The van der Waals surface area contributed by atoms with Gasteiger partial charge in [0, 0.05) is 30.4 Å². The third kappa shape index (κ3) is 4.41. The lowest BCUT2D eigenvalue weighted by Crippen LogP contribution is -2.17. The van der Waals surface area contributed by atoms with Gasteiger partial charge in [0.25, 0.3) is 0 Å². The second-order valence-corrected chi connectivity index (χ2v) is 6.65. The van der Waals surface area contributed by atoms with Crippen LogP contribution >= 0.6 is 23.4 Å². The van der Waals surface area contributed by atoms with E-state index in [1.165, 1.54) is 0 Å². The van der Waals surface area contributed by atoms with E-state index in [0.717, 1.165) is 35.2 Å². The molecule has 0 aliphatic carbocycles. The molecule has 0 saturated heterocycles. The van der Waals surface area contributed by atoms with Gasteiger partial charge in [-0.1, -0.05) is 32.4 Å². The number of hydrogen-bond donors (Lipinski definition) is 0. The van der Waals surface area contributed by atoms with Crippen molar-refractivity contribution in [1.29, 1.82) is 0 Å². The van der Waals surface area contributed by atoms with E-state index >= 15 is 0 Å². The highest BCUT2D eigenvalue weighted by Gasteiger charge is 2.20. The van der Waals surface area contributed by atoms with Crippen molar-refractivity contribution in [2.24, 2.45) is 0 Å². The van der Waals surface area contributed by atoms with Gasteiger partial charge in [-0.05, 0) is 13.3 Å². The number of hydrogen-bond acceptors (Lipinski definition) is 4. The summed E-state index contributed by atoms with van der Waals surface area (Å²) in [6.45, 7) is 9.01. The molecule has 0 aliphatic heterocycles. The third-order valence-corrected chi connectivity index (χ3v) is 3.98. The van der Waals surface area contributed by atoms with Crippen LogP contribution in [0.2, 0.25) is 5.15 Å². The molecule has 0 amide bonds. The predicted octanol–water partition coefficient (Wildman–Crippen LogP) is 3.86. The molecular formula is C13H21ClN2OS. The molecule has 0 aromatic carbocycles. The minimum atomic E-state index is -0.0841. The maximum Gasteiger partial charge on any atom is 0.136 e. The average molecular weight is 289 g/mol. The first-order valence-corrected chi connectivity index (χ1v) is 7.39. The third-order valence-electron chi connectivity index (χ3n) is 2.44. The zero-order valence-electron chi connectivity index (χ0n) is 11.7. The molecule has 1 aromatic rings. The second kappa shape index (κ2) is 6.73. The van der Waals surface area contributed by atoms with Crippen molar-refractivity contribution in [3.05, 3.63) is 16.5 Å². The first-order chi connectivity index (χ1) is 8.36. The van der Waals surface area contributed by atoms with Crippen LogP contribution in [0.15, 0.2) is 5.03 Å². The summed E-state index contributed by atoms with van der Waals surface area (Å²) in [5, 5.41) is 1.54. The van der Waals surface area contributed by atoms with Gasteiger partial charge in [0.15, 0.2) is 0 Å². The number of thioether (sulfide) groups is 1. The Morgan fingerprint density at radius 2 is 1.94 bits per heavy atom. The van der Waals surface area contributed by atoms with Crippen LogP contribution in [0.4, 0.5) is 0 Å². The molecule has 0 bridgehead atoms. The smallest absolute Gasteiger partial charge is 0.136 e. The predicted molar refractivity (Wildman–Crippen MR) is 77.7 cm³/mol. The Bertz CT molecular complexity index is 405.